The molecule has 19 heavy (non-hydrogen) atoms. The summed E-state index contributed by atoms with van der Waals surface area (Å²) in [5.74, 6) is -0.866. The van der Waals surface area contributed by atoms with E-state index in [1.807, 2.05) is 0 Å². The Morgan fingerprint density at radius 1 is 1.47 bits per heavy atom. The molecule has 0 aliphatic rings. The van der Waals surface area contributed by atoms with Crippen molar-refractivity contribution < 1.29 is 22.8 Å². The third-order valence-electron chi connectivity index (χ3n) is 3.19. The Hall–Kier alpha value is -1.41. The molecule has 1 aromatic heterocycles. The molecule has 0 spiro atoms. The number of carbonyl (C=O) groups is 1. The summed E-state index contributed by atoms with van der Waals surface area (Å²) in [5.41, 5.74) is -0.898. The van der Waals surface area contributed by atoms with Gasteiger partial charge in [-0.1, -0.05) is 12.1 Å². The van der Waals surface area contributed by atoms with E-state index < -0.39 is 21.4 Å². The second-order valence-electron chi connectivity index (χ2n) is 4.70. The lowest BCUT2D eigenvalue weighted by Crippen LogP contribution is -2.40. The SMILES string of the molecule is CCC(C)(CNS(=O)(=O)c1c(C)noc1C)C(=O)O. The number of aromatic nitrogens is 1. The highest BCUT2D eigenvalue weighted by Gasteiger charge is 2.34. The number of aryl methyl sites for hydroxylation is 2. The molecule has 0 aliphatic carbocycles. The van der Waals surface area contributed by atoms with Crippen LogP contribution in [0, 0.1) is 19.3 Å². The van der Waals surface area contributed by atoms with Crippen molar-refractivity contribution in [2.24, 2.45) is 5.41 Å². The number of aliphatic carboxylic acids is 1. The molecule has 1 unspecified atom stereocenters. The van der Waals surface area contributed by atoms with Gasteiger partial charge >= 0.3 is 5.97 Å². The Labute approximate surface area is 112 Å². The Morgan fingerprint density at radius 3 is 2.42 bits per heavy atom. The molecule has 1 heterocycles. The number of sulfonamides is 1. The minimum Gasteiger partial charge on any atom is -0.481 e. The molecule has 7 nitrogen and oxygen atoms in total. The van der Waals surface area contributed by atoms with Crippen molar-refractivity contribution in [3.63, 3.8) is 0 Å². The summed E-state index contributed by atoms with van der Waals surface area (Å²) in [5, 5.41) is 12.7. The van der Waals surface area contributed by atoms with Crippen molar-refractivity contribution in [1.29, 1.82) is 0 Å². The lowest BCUT2D eigenvalue weighted by atomic mass is 9.88. The first-order valence-corrected chi connectivity index (χ1v) is 7.28. The zero-order valence-corrected chi connectivity index (χ0v) is 12.2. The van der Waals surface area contributed by atoms with Crippen LogP contribution < -0.4 is 4.72 Å². The average Bonchev–Trinajstić information content (AvgIpc) is 2.66. The van der Waals surface area contributed by atoms with Gasteiger partial charge in [0.05, 0.1) is 5.41 Å². The highest BCUT2D eigenvalue weighted by atomic mass is 32.2. The maximum atomic E-state index is 12.1. The molecule has 1 aromatic rings. The Bertz CT molecular complexity index is 558. The molecule has 0 bridgehead atoms. The largest absolute Gasteiger partial charge is 0.481 e. The summed E-state index contributed by atoms with van der Waals surface area (Å²) in [7, 11) is -3.82. The zero-order valence-electron chi connectivity index (χ0n) is 11.3. The first-order chi connectivity index (χ1) is 8.64. The van der Waals surface area contributed by atoms with Crippen molar-refractivity contribution in [3.05, 3.63) is 11.5 Å². The van der Waals surface area contributed by atoms with Crippen molar-refractivity contribution in [1.82, 2.24) is 9.88 Å². The van der Waals surface area contributed by atoms with Crippen LogP contribution in [0.2, 0.25) is 0 Å². The first kappa shape index (κ1) is 15.6. The summed E-state index contributed by atoms with van der Waals surface area (Å²) in [6, 6.07) is 0. The lowest BCUT2D eigenvalue weighted by molar-refractivity contribution is -0.147. The van der Waals surface area contributed by atoms with Crippen LogP contribution in [0.5, 0.6) is 0 Å². The highest BCUT2D eigenvalue weighted by Crippen LogP contribution is 2.23. The van der Waals surface area contributed by atoms with Gasteiger partial charge in [-0.3, -0.25) is 4.79 Å². The molecule has 0 amide bonds. The molecule has 0 radical (unpaired) electrons. The van der Waals surface area contributed by atoms with E-state index in [9.17, 15) is 13.2 Å². The molecule has 2 N–H and O–H groups in total. The molecule has 108 valence electrons. The van der Waals surface area contributed by atoms with E-state index in [1.54, 1.807) is 6.92 Å². The Balaban J connectivity index is 2.97. The third kappa shape index (κ3) is 3.13. The maximum absolute atomic E-state index is 12.1. The van der Waals surface area contributed by atoms with Gasteiger partial charge in [0.2, 0.25) is 10.0 Å². The lowest BCUT2D eigenvalue weighted by Gasteiger charge is -2.23. The van der Waals surface area contributed by atoms with Gasteiger partial charge in [0.25, 0.3) is 0 Å². The summed E-state index contributed by atoms with van der Waals surface area (Å²) in [6.07, 6.45) is 0.312. The first-order valence-electron chi connectivity index (χ1n) is 5.80. The van der Waals surface area contributed by atoms with Crippen molar-refractivity contribution >= 4 is 16.0 Å². The van der Waals surface area contributed by atoms with E-state index in [1.165, 1.54) is 20.8 Å². The van der Waals surface area contributed by atoms with E-state index in [0.29, 0.717) is 6.42 Å². The normalized spacial score (nSPS) is 15.2. The second-order valence-corrected chi connectivity index (χ2v) is 6.40. The van der Waals surface area contributed by atoms with Gasteiger partial charge in [0, 0.05) is 6.54 Å². The number of nitrogens with zero attached hydrogens (tertiary/aromatic N) is 1. The quantitative estimate of drug-likeness (QED) is 0.811. The number of carboxylic acid groups (broad SMARTS) is 1. The number of carboxylic acids is 1. The van der Waals surface area contributed by atoms with Crippen LogP contribution in [0.3, 0.4) is 0 Å². The second kappa shape index (κ2) is 5.30. The van der Waals surface area contributed by atoms with E-state index in [0.717, 1.165) is 0 Å². The van der Waals surface area contributed by atoms with Crippen LogP contribution in [0.25, 0.3) is 0 Å². The predicted molar refractivity (Wildman–Crippen MR) is 67.2 cm³/mol. The molecule has 0 aromatic carbocycles. The van der Waals surface area contributed by atoms with Crippen LogP contribution >= 0.6 is 0 Å². The van der Waals surface area contributed by atoms with Gasteiger partial charge in [-0.2, -0.15) is 0 Å². The summed E-state index contributed by atoms with van der Waals surface area (Å²) in [6.45, 7) is 6.00. The summed E-state index contributed by atoms with van der Waals surface area (Å²) in [4.78, 5) is 11.1. The molecule has 0 saturated heterocycles. The monoisotopic (exact) mass is 290 g/mol. The highest BCUT2D eigenvalue weighted by molar-refractivity contribution is 7.89. The molecule has 0 fully saturated rings. The van der Waals surface area contributed by atoms with Gasteiger partial charge in [-0.15, -0.1) is 0 Å². The van der Waals surface area contributed by atoms with Crippen LogP contribution in [0.1, 0.15) is 31.7 Å². The Morgan fingerprint density at radius 2 is 2.05 bits per heavy atom. The van der Waals surface area contributed by atoms with Crippen LogP contribution in [-0.2, 0) is 14.8 Å². The average molecular weight is 290 g/mol. The van der Waals surface area contributed by atoms with Gasteiger partial charge in [0.15, 0.2) is 5.76 Å². The van der Waals surface area contributed by atoms with Gasteiger partial charge in [0.1, 0.15) is 10.6 Å². The fourth-order valence-corrected chi connectivity index (χ4v) is 3.03. The van der Waals surface area contributed by atoms with E-state index in [2.05, 4.69) is 9.88 Å². The van der Waals surface area contributed by atoms with Crippen molar-refractivity contribution in [2.75, 3.05) is 6.54 Å². The zero-order chi connectivity index (χ0) is 14.8. The van der Waals surface area contributed by atoms with Crippen molar-refractivity contribution in [2.45, 2.75) is 39.0 Å². The van der Waals surface area contributed by atoms with Gasteiger partial charge in [-0.05, 0) is 27.2 Å². The number of nitrogens with one attached hydrogen (secondary N) is 1. The fourth-order valence-electron chi connectivity index (χ4n) is 1.54. The summed E-state index contributed by atoms with van der Waals surface area (Å²) >= 11 is 0. The maximum Gasteiger partial charge on any atom is 0.310 e. The number of hydrogen-bond donors (Lipinski definition) is 2. The topological polar surface area (TPSA) is 110 Å². The van der Waals surface area contributed by atoms with Crippen molar-refractivity contribution in [3.8, 4) is 0 Å². The number of rotatable bonds is 6. The molecule has 8 heteroatoms. The smallest absolute Gasteiger partial charge is 0.310 e. The fraction of sp³-hybridized carbons (Fsp3) is 0.636. The Kier molecular flexibility index (Phi) is 4.36. The van der Waals surface area contributed by atoms with E-state index in [-0.39, 0.29) is 22.9 Å². The minimum absolute atomic E-state index is 0.0312. The molecule has 1 atom stereocenters. The molecule has 0 saturated carbocycles. The van der Waals surface area contributed by atoms with E-state index in [4.69, 9.17) is 9.63 Å². The number of hydrogen-bond acceptors (Lipinski definition) is 5. The minimum atomic E-state index is -3.82. The van der Waals surface area contributed by atoms with Crippen LogP contribution in [0.15, 0.2) is 9.42 Å². The summed E-state index contributed by atoms with van der Waals surface area (Å²) < 4.78 is 31.3. The van der Waals surface area contributed by atoms with Gasteiger partial charge < -0.3 is 9.63 Å². The van der Waals surface area contributed by atoms with Crippen LogP contribution in [0.4, 0.5) is 0 Å². The molecule has 0 aliphatic heterocycles. The molecular formula is C11H18N2O5S. The predicted octanol–water partition coefficient (Wildman–Crippen LogP) is 1.07. The standard InChI is InChI=1S/C11H18N2O5S/c1-5-11(4,10(14)15)6-12-19(16,17)9-7(2)13-18-8(9)3/h12H,5-6H2,1-4H3,(H,14,15). The molecular weight excluding hydrogens is 272 g/mol. The van der Waals surface area contributed by atoms with Gasteiger partial charge in [-0.25, -0.2) is 13.1 Å². The molecule has 1 rings (SSSR count). The van der Waals surface area contributed by atoms with Crippen LogP contribution in [-0.4, -0.2) is 31.2 Å². The third-order valence-corrected chi connectivity index (χ3v) is 4.83. The van der Waals surface area contributed by atoms with E-state index >= 15 is 0 Å².